The summed E-state index contributed by atoms with van der Waals surface area (Å²) in [5, 5.41) is 1.16. The fourth-order valence-electron chi connectivity index (χ4n) is 3.74. The van der Waals surface area contributed by atoms with Crippen LogP contribution in [0.5, 0.6) is 23.0 Å². The summed E-state index contributed by atoms with van der Waals surface area (Å²) in [4.78, 5) is 6.86. The average Bonchev–Trinajstić information content (AvgIpc) is 2.79. The summed E-state index contributed by atoms with van der Waals surface area (Å²) >= 11 is 0. The van der Waals surface area contributed by atoms with Crippen molar-refractivity contribution in [3.05, 3.63) is 48.7 Å². The van der Waals surface area contributed by atoms with E-state index < -0.39 is 0 Å². The predicted octanol–water partition coefficient (Wildman–Crippen LogP) is 4.31. The number of methoxy groups -OCH3 is 3. The zero-order valence-corrected chi connectivity index (χ0v) is 17.1. The van der Waals surface area contributed by atoms with E-state index in [2.05, 4.69) is 34.1 Å². The molecule has 2 aromatic carbocycles. The van der Waals surface area contributed by atoms with Crippen molar-refractivity contribution in [2.45, 2.75) is 18.9 Å². The van der Waals surface area contributed by atoms with Gasteiger partial charge in [0.2, 0.25) is 5.75 Å². The molecule has 1 fully saturated rings. The molecule has 0 aliphatic carbocycles. The van der Waals surface area contributed by atoms with Gasteiger partial charge in [0.1, 0.15) is 11.9 Å². The molecular weight excluding hydrogens is 368 g/mol. The van der Waals surface area contributed by atoms with Crippen molar-refractivity contribution in [3.63, 3.8) is 0 Å². The number of anilines is 1. The Morgan fingerprint density at radius 3 is 2.28 bits per heavy atom. The molecule has 29 heavy (non-hydrogen) atoms. The monoisotopic (exact) mass is 394 g/mol. The molecule has 0 amide bonds. The fraction of sp³-hybridized carbons (Fsp3) is 0.348. The zero-order valence-electron chi connectivity index (χ0n) is 17.1. The summed E-state index contributed by atoms with van der Waals surface area (Å²) in [5.41, 5.74) is 2.23. The summed E-state index contributed by atoms with van der Waals surface area (Å²) in [6.07, 6.45) is 3.76. The molecule has 1 aliphatic heterocycles. The number of ether oxygens (including phenoxy) is 4. The number of fused-ring (bicyclic) bond motifs is 1. The number of rotatable bonds is 6. The van der Waals surface area contributed by atoms with Gasteiger partial charge in [-0.2, -0.15) is 0 Å². The first-order chi connectivity index (χ1) is 14.2. The van der Waals surface area contributed by atoms with E-state index in [0.29, 0.717) is 23.0 Å². The number of hydrogen-bond donors (Lipinski definition) is 0. The Hall–Kier alpha value is -3.15. The van der Waals surface area contributed by atoms with Crippen LogP contribution in [0.4, 0.5) is 5.69 Å². The molecule has 0 saturated carbocycles. The number of pyridine rings is 1. The molecule has 1 aromatic heterocycles. The third kappa shape index (κ3) is 4.01. The van der Waals surface area contributed by atoms with E-state index >= 15 is 0 Å². The lowest BCUT2D eigenvalue weighted by atomic mass is 10.1. The van der Waals surface area contributed by atoms with Gasteiger partial charge in [-0.3, -0.25) is 4.98 Å². The van der Waals surface area contributed by atoms with E-state index in [1.54, 1.807) is 21.3 Å². The Kier molecular flexibility index (Phi) is 5.60. The van der Waals surface area contributed by atoms with Gasteiger partial charge in [0.25, 0.3) is 0 Å². The Balaban J connectivity index is 1.46. The van der Waals surface area contributed by atoms with Crippen LogP contribution >= 0.6 is 0 Å². The quantitative estimate of drug-likeness (QED) is 0.621. The molecule has 152 valence electrons. The Labute approximate surface area is 171 Å². The molecule has 3 aromatic rings. The first kappa shape index (κ1) is 19.2. The van der Waals surface area contributed by atoms with Crippen LogP contribution in [0, 0.1) is 0 Å². The molecule has 4 rings (SSSR count). The molecule has 0 atom stereocenters. The third-order valence-electron chi connectivity index (χ3n) is 5.35. The number of piperidine rings is 1. The maximum atomic E-state index is 6.31. The number of benzene rings is 2. The van der Waals surface area contributed by atoms with Crippen LogP contribution in [0.3, 0.4) is 0 Å². The molecule has 1 saturated heterocycles. The van der Waals surface area contributed by atoms with Gasteiger partial charge in [0, 0.05) is 55.3 Å². The third-order valence-corrected chi connectivity index (χ3v) is 5.35. The smallest absolute Gasteiger partial charge is 0.204 e. The van der Waals surface area contributed by atoms with E-state index in [9.17, 15) is 0 Å². The van der Waals surface area contributed by atoms with E-state index in [4.69, 9.17) is 18.9 Å². The van der Waals surface area contributed by atoms with Crippen molar-refractivity contribution in [1.29, 1.82) is 0 Å². The maximum absolute atomic E-state index is 6.31. The van der Waals surface area contributed by atoms with Gasteiger partial charge < -0.3 is 23.8 Å². The van der Waals surface area contributed by atoms with Crippen molar-refractivity contribution >= 4 is 16.6 Å². The largest absolute Gasteiger partial charge is 0.496 e. The SMILES string of the molecule is COc1cc(OC)c(OC2CCN(c3ccc4cccnc4c3)CC2)c(OC)c1. The summed E-state index contributed by atoms with van der Waals surface area (Å²) in [6.45, 7) is 1.84. The van der Waals surface area contributed by atoms with Gasteiger partial charge in [-0.05, 0) is 18.2 Å². The highest BCUT2D eigenvalue weighted by atomic mass is 16.5. The Morgan fingerprint density at radius 2 is 1.62 bits per heavy atom. The van der Waals surface area contributed by atoms with Crippen molar-refractivity contribution in [3.8, 4) is 23.0 Å². The summed E-state index contributed by atoms with van der Waals surface area (Å²) < 4.78 is 22.6. The van der Waals surface area contributed by atoms with Gasteiger partial charge in [0.15, 0.2) is 11.5 Å². The highest BCUT2D eigenvalue weighted by Crippen LogP contribution is 2.42. The number of hydrogen-bond acceptors (Lipinski definition) is 6. The van der Waals surface area contributed by atoms with Gasteiger partial charge in [-0.15, -0.1) is 0 Å². The van der Waals surface area contributed by atoms with Crippen LogP contribution < -0.4 is 23.8 Å². The van der Waals surface area contributed by atoms with Gasteiger partial charge in [-0.25, -0.2) is 0 Å². The van der Waals surface area contributed by atoms with Crippen LogP contribution in [0.1, 0.15) is 12.8 Å². The van der Waals surface area contributed by atoms with Gasteiger partial charge in [0.05, 0.1) is 26.8 Å². The minimum absolute atomic E-state index is 0.0982. The standard InChI is InChI=1S/C23H26N2O4/c1-26-19-14-21(27-2)23(22(15-19)28-3)29-18-8-11-25(12-9-18)17-7-6-16-5-4-10-24-20(16)13-17/h4-7,10,13-15,18H,8-9,11-12H2,1-3H3. The first-order valence-electron chi connectivity index (χ1n) is 9.78. The molecule has 6 nitrogen and oxygen atoms in total. The van der Waals surface area contributed by atoms with Crippen LogP contribution in [0.2, 0.25) is 0 Å². The minimum atomic E-state index is 0.0982. The lowest BCUT2D eigenvalue weighted by Crippen LogP contribution is -2.38. The van der Waals surface area contributed by atoms with Gasteiger partial charge in [-0.1, -0.05) is 12.1 Å². The molecule has 0 bridgehead atoms. The van der Waals surface area contributed by atoms with E-state index in [1.165, 1.54) is 5.69 Å². The van der Waals surface area contributed by atoms with E-state index in [1.807, 2.05) is 24.4 Å². The second-order valence-corrected chi connectivity index (χ2v) is 7.05. The first-order valence-corrected chi connectivity index (χ1v) is 9.78. The molecular formula is C23H26N2O4. The molecule has 0 spiro atoms. The zero-order chi connectivity index (χ0) is 20.2. The van der Waals surface area contributed by atoms with E-state index in [-0.39, 0.29) is 6.10 Å². The summed E-state index contributed by atoms with van der Waals surface area (Å²) in [7, 11) is 4.86. The highest BCUT2D eigenvalue weighted by molar-refractivity contribution is 5.82. The van der Waals surface area contributed by atoms with E-state index in [0.717, 1.165) is 36.8 Å². The molecule has 1 aliphatic rings. The molecule has 0 N–H and O–H groups in total. The van der Waals surface area contributed by atoms with Crippen molar-refractivity contribution in [2.24, 2.45) is 0 Å². The lowest BCUT2D eigenvalue weighted by molar-refractivity contribution is 0.158. The topological polar surface area (TPSA) is 53.0 Å². The molecule has 0 unspecified atom stereocenters. The van der Waals surface area contributed by atoms with Crippen LogP contribution in [0.25, 0.3) is 10.9 Å². The van der Waals surface area contributed by atoms with Gasteiger partial charge >= 0.3 is 0 Å². The van der Waals surface area contributed by atoms with Crippen molar-refractivity contribution in [1.82, 2.24) is 4.98 Å². The fourth-order valence-corrected chi connectivity index (χ4v) is 3.74. The van der Waals surface area contributed by atoms with Crippen LogP contribution in [-0.2, 0) is 0 Å². The van der Waals surface area contributed by atoms with Crippen LogP contribution in [-0.4, -0.2) is 45.5 Å². The Morgan fingerprint density at radius 1 is 0.897 bits per heavy atom. The molecule has 6 heteroatoms. The highest BCUT2D eigenvalue weighted by Gasteiger charge is 2.24. The minimum Gasteiger partial charge on any atom is -0.496 e. The Bertz CT molecular complexity index is 959. The summed E-state index contributed by atoms with van der Waals surface area (Å²) in [6, 6.07) is 14.1. The second-order valence-electron chi connectivity index (χ2n) is 7.05. The van der Waals surface area contributed by atoms with Crippen molar-refractivity contribution < 1.29 is 18.9 Å². The number of nitrogens with zero attached hydrogens (tertiary/aromatic N) is 2. The maximum Gasteiger partial charge on any atom is 0.204 e. The second kappa shape index (κ2) is 8.47. The molecule has 0 radical (unpaired) electrons. The number of aromatic nitrogens is 1. The normalized spacial score (nSPS) is 14.7. The molecule has 2 heterocycles. The lowest BCUT2D eigenvalue weighted by Gasteiger charge is -2.34. The summed E-state index contributed by atoms with van der Waals surface area (Å²) in [5.74, 6) is 2.53. The predicted molar refractivity (Wildman–Crippen MR) is 114 cm³/mol. The van der Waals surface area contributed by atoms with Crippen LogP contribution in [0.15, 0.2) is 48.7 Å². The van der Waals surface area contributed by atoms with Crippen molar-refractivity contribution in [2.75, 3.05) is 39.3 Å². The average molecular weight is 394 g/mol.